The molecule has 0 unspecified atom stereocenters. The van der Waals surface area contributed by atoms with Crippen molar-refractivity contribution >= 4 is 17.5 Å². The number of nitriles is 1. The first-order valence-corrected chi connectivity index (χ1v) is 6.32. The Morgan fingerprint density at radius 3 is 2.29 bits per heavy atom. The summed E-state index contributed by atoms with van der Waals surface area (Å²) in [7, 11) is 0. The predicted octanol–water partition coefficient (Wildman–Crippen LogP) is 1.32. The first-order valence-electron chi connectivity index (χ1n) is 6.32. The van der Waals surface area contributed by atoms with Crippen LogP contribution in [-0.4, -0.2) is 17.4 Å². The molecule has 6 heteroatoms. The Kier molecular flexibility index (Phi) is 5.08. The van der Waals surface area contributed by atoms with Gasteiger partial charge >= 0.3 is 0 Å². The lowest BCUT2D eigenvalue weighted by Crippen LogP contribution is -2.41. The number of nitrogens with two attached hydrogens (primary N) is 1. The molecule has 1 rings (SSSR count). The number of rotatable bonds is 3. The van der Waals surface area contributed by atoms with Gasteiger partial charge in [0.1, 0.15) is 11.6 Å². The van der Waals surface area contributed by atoms with E-state index in [1.807, 2.05) is 0 Å². The van der Waals surface area contributed by atoms with E-state index in [1.54, 1.807) is 51.1 Å². The summed E-state index contributed by atoms with van der Waals surface area (Å²) in [4.78, 5) is 23.7. The van der Waals surface area contributed by atoms with Crippen LogP contribution in [0.25, 0.3) is 0 Å². The van der Waals surface area contributed by atoms with E-state index < -0.39 is 17.4 Å². The number of nitrogens with zero attached hydrogens (tertiary/aromatic N) is 1. The molecule has 0 aliphatic heterocycles. The third kappa shape index (κ3) is 5.37. The summed E-state index contributed by atoms with van der Waals surface area (Å²) in [5.41, 5.74) is 5.82. The summed E-state index contributed by atoms with van der Waals surface area (Å²) >= 11 is 0. The predicted molar refractivity (Wildman–Crippen MR) is 79.9 cm³/mol. The summed E-state index contributed by atoms with van der Waals surface area (Å²) in [6.45, 7) is 5.40. The smallest absolute Gasteiger partial charge is 0.263 e. The van der Waals surface area contributed by atoms with E-state index in [9.17, 15) is 9.59 Å². The van der Waals surface area contributed by atoms with Crippen LogP contribution in [0.3, 0.4) is 0 Å². The maximum absolute atomic E-state index is 11.8. The summed E-state index contributed by atoms with van der Waals surface area (Å²) in [5.74, 6) is -0.964. The number of nitrogen functional groups attached to an aromatic ring is 1. The number of amides is 2. The normalized spacial score (nSPS) is 11.4. The van der Waals surface area contributed by atoms with Gasteiger partial charge in [0, 0.05) is 23.0 Å². The first-order chi connectivity index (χ1) is 9.73. The molecule has 0 aromatic heterocycles. The maximum atomic E-state index is 11.8. The Morgan fingerprint density at radius 2 is 1.81 bits per heavy atom. The molecule has 110 valence electrons. The third-order valence-electron chi connectivity index (χ3n) is 2.37. The molecular formula is C15H18N4O2. The van der Waals surface area contributed by atoms with Crippen molar-refractivity contribution in [2.45, 2.75) is 26.3 Å². The number of hydrogen-bond donors (Lipinski definition) is 3. The van der Waals surface area contributed by atoms with Gasteiger partial charge in [0.25, 0.3) is 11.8 Å². The van der Waals surface area contributed by atoms with Crippen molar-refractivity contribution in [1.82, 2.24) is 10.6 Å². The Labute approximate surface area is 123 Å². The van der Waals surface area contributed by atoms with E-state index in [1.165, 1.54) is 0 Å². The monoisotopic (exact) mass is 286 g/mol. The second kappa shape index (κ2) is 6.57. The Morgan fingerprint density at radius 1 is 1.24 bits per heavy atom. The lowest BCUT2D eigenvalue weighted by molar-refractivity contribution is -0.118. The number of nitrogens with one attached hydrogen (secondary N) is 2. The fourth-order valence-corrected chi connectivity index (χ4v) is 1.41. The average Bonchev–Trinajstić information content (AvgIpc) is 2.37. The SMILES string of the molecule is CC(C)(C)NC(=O)/C(C#N)=C\NC(=O)c1ccc(N)cc1. The molecule has 0 aliphatic rings. The molecular weight excluding hydrogens is 268 g/mol. The van der Waals surface area contributed by atoms with Crippen LogP contribution in [0.1, 0.15) is 31.1 Å². The summed E-state index contributed by atoms with van der Waals surface area (Å²) in [6, 6.07) is 8.05. The molecule has 1 aromatic rings. The minimum atomic E-state index is -0.539. The average molecular weight is 286 g/mol. The number of carbonyl (C=O) groups excluding carboxylic acids is 2. The second-order valence-corrected chi connectivity index (χ2v) is 5.47. The molecule has 4 N–H and O–H groups in total. The zero-order chi connectivity index (χ0) is 16.0. The Bertz CT molecular complexity index is 604. The molecule has 0 radical (unpaired) electrons. The van der Waals surface area contributed by atoms with E-state index >= 15 is 0 Å². The lowest BCUT2D eigenvalue weighted by Gasteiger charge is -2.19. The minimum Gasteiger partial charge on any atom is -0.399 e. The molecule has 21 heavy (non-hydrogen) atoms. The van der Waals surface area contributed by atoms with Crippen molar-refractivity contribution in [2.75, 3.05) is 5.73 Å². The molecule has 0 atom stereocenters. The van der Waals surface area contributed by atoms with Gasteiger partial charge in [0.15, 0.2) is 0 Å². The zero-order valence-corrected chi connectivity index (χ0v) is 12.2. The largest absolute Gasteiger partial charge is 0.399 e. The highest BCUT2D eigenvalue weighted by Gasteiger charge is 2.17. The number of carbonyl (C=O) groups is 2. The fraction of sp³-hybridized carbons (Fsp3) is 0.267. The summed E-state index contributed by atoms with van der Waals surface area (Å²) in [5, 5.41) is 14.0. The molecule has 0 fully saturated rings. The van der Waals surface area contributed by atoms with Crippen LogP contribution in [0.15, 0.2) is 36.0 Å². The Hall–Kier alpha value is -2.81. The van der Waals surface area contributed by atoms with Gasteiger partial charge in [-0.25, -0.2) is 0 Å². The summed E-state index contributed by atoms with van der Waals surface area (Å²) < 4.78 is 0. The molecule has 2 amide bonds. The minimum absolute atomic E-state index is 0.172. The standard InChI is InChI=1S/C15H18N4O2/c1-15(2,3)19-14(21)11(8-16)9-18-13(20)10-4-6-12(17)7-5-10/h4-7,9H,17H2,1-3H3,(H,18,20)(H,19,21)/b11-9-. The highest BCUT2D eigenvalue weighted by atomic mass is 16.2. The number of benzene rings is 1. The van der Waals surface area contributed by atoms with Gasteiger partial charge < -0.3 is 16.4 Å². The van der Waals surface area contributed by atoms with Crippen molar-refractivity contribution in [3.8, 4) is 6.07 Å². The van der Waals surface area contributed by atoms with Crippen molar-refractivity contribution in [3.63, 3.8) is 0 Å². The van der Waals surface area contributed by atoms with Gasteiger partial charge in [0.05, 0.1) is 0 Å². The lowest BCUT2D eigenvalue weighted by atomic mass is 10.1. The van der Waals surface area contributed by atoms with Crippen LogP contribution < -0.4 is 16.4 Å². The number of hydrogen-bond acceptors (Lipinski definition) is 4. The quantitative estimate of drug-likeness (QED) is 0.442. The van der Waals surface area contributed by atoms with Gasteiger partial charge in [-0.3, -0.25) is 9.59 Å². The molecule has 0 aliphatic carbocycles. The van der Waals surface area contributed by atoms with Crippen molar-refractivity contribution in [3.05, 3.63) is 41.6 Å². The fourth-order valence-electron chi connectivity index (χ4n) is 1.41. The topological polar surface area (TPSA) is 108 Å². The Balaban J connectivity index is 2.77. The van der Waals surface area contributed by atoms with Crippen molar-refractivity contribution in [2.24, 2.45) is 0 Å². The van der Waals surface area contributed by atoms with Crippen molar-refractivity contribution in [1.29, 1.82) is 5.26 Å². The third-order valence-corrected chi connectivity index (χ3v) is 2.37. The molecule has 0 heterocycles. The van der Waals surface area contributed by atoms with Gasteiger partial charge in [-0.1, -0.05) is 0 Å². The van der Waals surface area contributed by atoms with E-state index in [0.29, 0.717) is 11.3 Å². The van der Waals surface area contributed by atoms with Crippen LogP contribution in [0.4, 0.5) is 5.69 Å². The first kappa shape index (κ1) is 16.2. The van der Waals surface area contributed by atoms with Crippen LogP contribution in [0, 0.1) is 11.3 Å². The van der Waals surface area contributed by atoms with E-state index in [4.69, 9.17) is 11.0 Å². The molecule has 6 nitrogen and oxygen atoms in total. The molecule has 0 spiro atoms. The second-order valence-electron chi connectivity index (χ2n) is 5.47. The molecule has 0 bridgehead atoms. The van der Waals surface area contributed by atoms with E-state index in [-0.39, 0.29) is 5.57 Å². The van der Waals surface area contributed by atoms with Gasteiger partial charge in [-0.05, 0) is 45.0 Å². The van der Waals surface area contributed by atoms with E-state index in [2.05, 4.69) is 10.6 Å². The summed E-state index contributed by atoms with van der Waals surface area (Å²) in [6.07, 6.45) is 1.10. The highest BCUT2D eigenvalue weighted by molar-refractivity contribution is 5.99. The number of anilines is 1. The van der Waals surface area contributed by atoms with Gasteiger partial charge in [0.2, 0.25) is 0 Å². The van der Waals surface area contributed by atoms with Crippen LogP contribution in [0.2, 0.25) is 0 Å². The molecule has 0 saturated carbocycles. The molecule has 1 aromatic carbocycles. The van der Waals surface area contributed by atoms with Crippen molar-refractivity contribution < 1.29 is 9.59 Å². The maximum Gasteiger partial charge on any atom is 0.263 e. The highest BCUT2D eigenvalue weighted by Crippen LogP contribution is 2.06. The van der Waals surface area contributed by atoms with Crippen LogP contribution in [0.5, 0.6) is 0 Å². The van der Waals surface area contributed by atoms with Gasteiger partial charge in [-0.2, -0.15) is 5.26 Å². The zero-order valence-electron chi connectivity index (χ0n) is 12.2. The molecule has 0 saturated heterocycles. The van der Waals surface area contributed by atoms with E-state index in [0.717, 1.165) is 6.20 Å². The van der Waals surface area contributed by atoms with Crippen LogP contribution in [-0.2, 0) is 4.79 Å². The van der Waals surface area contributed by atoms with Crippen LogP contribution >= 0.6 is 0 Å². The van der Waals surface area contributed by atoms with Gasteiger partial charge in [-0.15, -0.1) is 0 Å².